The van der Waals surface area contributed by atoms with Crippen LogP contribution in [-0.2, 0) is 0 Å². The summed E-state index contributed by atoms with van der Waals surface area (Å²) in [6.07, 6.45) is 109. The van der Waals surface area contributed by atoms with Gasteiger partial charge in [0.05, 0.1) is 0 Å². The van der Waals surface area contributed by atoms with E-state index in [1.807, 2.05) is 0 Å². The molecule has 0 aromatic heterocycles. The predicted octanol–water partition coefficient (Wildman–Crippen LogP) is 29.3. The SMILES string of the molecule is CCCCCCCCCCCCCCCCCCC[PH](CCCCCCCCCCCCCCCCCCC)(CCCCCCCCCCCCCCCCCCC)CCCCCCCCCCCCCCCCCCC. The molecule has 1 heteroatoms. The number of hydrogen-bond donors (Lipinski definition) is 0. The molecule has 0 unspecified atom stereocenters. The Morgan fingerprint density at radius 2 is 0.182 bits per heavy atom. The van der Waals surface area contributed by atoms with Gasteiger partial charge in [-0.2, -0.15) is 0 Å². The first-order chi connectivity index (χ1) is 38.2. The fourth-order valence-electron chi connectivity index (χ4n) is 13.6. The summed E-state index contributed by atoms with van der Waals surface area (Å²) < 4.78 is 0. The van der Waals surface area contributed by atoms with Crippen LogP contribution in [0.15, 0.2) is 0 Å². The normalized spacial score (nSPS) is 12.2. The summed E-state index contributed by atoms with van der Waals surface area (Å²) in [5, 5.41) is 0. The van der Waals surface area contributed by atoms with Crippen LogP contribution in [0.2, 0.25) is 0 Å². The van der Waals surface area contributed by atoms with E-state index in [1.54, 1.807) is 76.0 Å². The van der Waals surface area contributed by atoms with Crippen molar-refractivity contribution in [2.45, 2.75) is 464 Å². The Bertz CT molecular complexity index is 829. The van der Waals surface area contributed by atoms with E-state index in [0.29, 0.717) is 0 Å². The second kappa shape index (κ2) is 70.7. The Kier molecular flexibility index (Phi) is 71.1. The zero-order valence-electron chi connectivity index (χ0n) is 55.4. The first kappa shape index (κ1) is 77.4. The summed E-state index contributed by atoms with van der Waals surface area (Å²) in [6, 6.07) is 0. The molecule has 0 nitrogen and oxygen atoms in total. The van der Waals surface area contributed by atoms with Crippen molar-refractivity contribution in [2.24, 2.45) is 0 Å². The van der Waals surface area contributed by atoms with E-state index < -0.39 is 7.26 Å². The van der Waals surface area contributed by atoms with E-state index >= 15 is 0 Å². The number of hydrogen-bond acceptors (Lipinski definition) is 0. The summed E-state index contributed by atoms with van der Waals surface area (Å²) in [5.74, 6) is 0. The second-order valence-corrected chi connectivity index (χ2v) is 32.1. The van der Waals surface area contributed by atoms with E-state index in [0.717, 1.165) is 0 Å². The van der Waals surface area contributed by atoms with Gasteiger partial charge >= 0.3 is 314 Å². The van der Waals surface area contributed by atoms with Gasteiger partial charge in [-0.05, 0) is 0 Å². The van der Waals surface area contributed by atoms with E-state index in [9.17, 15) is 0 Å². The first-order valence-corrected chi connectivity index (χ1v) is 41.1. The molecule has 0 aromatic carbocycles. The van der Waals surface area contributed by atoms with Crippen molar-refractivity contribution >= 4 is 7.26 Å². The topological polar surface area (TPSA) is 0 Å². The quantitative estimate of drug-likeness (QED) is 0.0421. The van der Waals surface area contributed by atoms with Gasteiger partial charge in [-0.3, -0.25) is 0 Å². The van der Waals surface area contributed by atoms with Crippen LogP contribution in [0.4, 0.5) is 0 Å². The fourth-order valence-corrected chi connectivity index (χ4v) is 19.1. The summed E-state index contributed by atoms with van der Waals surface area (Å²) in [6.45, 7) is 9.34. The van der Waals surface area contributed by atoms with E-state index in [2.05, 4.69) is 27.7 Å². The maximum atomic E-state index is 2.33. The predicted molar refractivity (Wildman–Crippen MR) is 364 cm³/mol. The van der Waals surface area contributed by atoms with Gasteiger partial charge in [-0.1, -0.05) is 182 Å². The van der Waals surface area contributed by atoms with Gasteiger partial charge in [0.2, 0.25) is 0 Å². The molecule has 0 aromatic rings. The molecule has 0 N–H and O–H groups in total. The van der Waals surface area contributed by atoms with Crippen LogP contribution in [0.5, 0.6) is 0 Å². The van der Waals surface area contributed by atoms with Crippen LogP contribution in [-0.4, -0.2) is 24.6 Å². The fraction of sp³-hybridized carbons (Fsp3) is 1.00. The van der Waals surface area contributed by atoms with Gasteiger partial charge in [-0.15, -0.1) is 0 Å². The molecule has 0 bridgehead atoms. The van der Waals surface area contributed by atoms with Crippen LogP contribution in [0.1, 0.15) is 464 Å². The summed E-state index contributed by atoms with van der Waals surface area (Å²) in [4.78, 5) is 0. The summed E-state index contributed by atoms with van der Waals surface area (Å²) >= 11 is 0. The Labute approximate surface area is 493 Å². The standard InChI is InChI=1S/C76H157P/c1-5-9-13-17-21-25-29-33-37-41-45-49-53-57-61-65-69-73-77(74-70-66-62-58-54-50-46-42-38-34-30-26-22-18-14-10-6-2,75-71-67-63-59-55-51-47-43-39-35-31-27-23-19-15-11-7-3)76-72-68-64-60-56-52-48-44-40-36-32-28-24-20-16-12-8-4/h77H,5-76H2,1-4H3. The minimum absolute atomic E-state index is 1.23. The Morgan fingerprint density at radius 1 is 0.104 bits per heavy atom. The van der Waals surface area contributed by atoms with E-state index in [-0.39, 0.29) is 0 Å². The van der Waals surface area contributed by atoms with E-state index in [1.165, 1.54) is 385 Å². The van der Waals surface area contributed by atoms with Gasteiger partial charge in [0.15, 0.2) is 0 Å². The van der Waals surface area contributed by atoms with Crippen molar-refractivity contribution in [3.05, 3.63) is 0 Å². The molecule has 0 aliphatic carbocycles. The molecule has 0 aliphatic heterocycles. The number of unbranched alkanes of at least 4 members (excludes halogenated alkanes) is 64. The van der Waals surface area contributed by atoms with Gasteiger partial charge < -0.3 is 0 Å². The zero-order valence-corrected chi connectivity index (χ0v) is 56.4. The summed E-state index contributed by atoms with van der Waals surface area (Å²) in [7, 11) is -1.23. The molecule has 0 rings (SSSR count). The molecule has 0 heterocycles. The maximum absolute atomic E-state index is 2.33. The first-order valence-electron chi connectivity index (χ1n) is 38.2. The summed E-state index contributed by atoms with van der Waals surface area (Å²) in [5.41, 5.74) is 0. The third kappa shape index (κ3) is 65.5. The van der Waals surface area contributed by atoms with Crippen molar-refractivity contribution in [3.8, 4) is 0 Å². The second-order valence-electron chi connectivity index (χ2n) is 27.1. The van der Waals surface area contributed by atoms with Crippen molar-refractivity contribution in [1.82, 2.24) is 0 Å². The van der Waals surface area contributed by atoms with Gasteiger partial charge in [0, 0.05) is 0 Å². The number of rotatable bonds is 72. The Morgan fingerprint density at radius 3 is 0.273 bits per heavy atom. The van der Waals surface area contributed by atoms with E-state index in [4.69, 9.17) is 0 Å². The monoisotopic (exact) mass is 1100 g/mol. The molecule has 0 aliphatic rings. The smallest absolute Gasteiger partial charge is 0.0654 e. The third-order valence-electron chi connectivity index (χ3n) is 19.2. The van der Waals surface area contributed by atoms with Gasteiger partial charge in [0.25, 0.3) is 0 Å². The van der Waals surface area contributed by atoms with Crippen molar-refractivity contribution in [1.29, 1.82) is 0 Å². The molecule has 0 saturated carbocycles. The molecule has 466 valence electrons. The van der Waals surface area contributed by atoms with Crippen molar-refractivity contribution in [3.63, 3.8) is 0 Å². The van der Waals surface area contributed by atoms with Gasteiger partial charge in [0.1, 0.15) is 0 Å². The molecule has 77 heavy (non-hydrogen) atoms. The van der Waals surface area contributed by atoms with Crippen LogP contribution >= 0.6 is 7.26 Å². The van der Waals surface area contributed by atoms with Crippen LogP contribution in [0.3, 0.4) is 0 Å². The minimum atomic E-state index is -1.23. The molecular formula is C76H157P. The van der Waals surface area contributed by atoms with Crippen LogP contribution in [0.25, 0.3) is 0 Å². The molecule has 0 amide bonds. The minimum Gasteiger partial charge on any atom is -0.0654 e. The average molecular weight is 1100 g/mol. The van der Waals surface area contributed by atoms with Gasteiger partial charge in [-0.25, -0.2) is 0 Å². The molecule has 0 radical (unpaired) electrons. The van der Waals surface area contributed by atoms with Crippen LogP contribution < -0.4 is 0 Å². The molecule has 0 atom stereocenters. The Hall–Kier alpha value is 0.430. The molecular weight excluding hydrogens is 944 g/mol. The Balaban J connectivity index is 4.97. The molecule has 0 spiro atoms. The molecule has 0 saturated heterocycles. The third-order valence-corrected chi connectivity index (χ3v) is 24.9. The average Bonchev–Trinajstić information content (AvgIpc) is 3.44. The zero-order chi connectivity index (χ0) is 55.4. The van der Waals surface area contributed by atoms with Crippen molar-refractivity contribution in [2.75, 3.05) is 24.6 Å². The van der Waals surface area contributed by atoms with Crippen molar-refractivity contribution < 1.29 is 0 Å². The van der Waals surface area contributed by atoms with Crippen LogP contribution in [0, 0.1) is 0 Å². The molecule has 0 fully saturated rings.